The van der Waals surface area contributed by atoms with Crippen LogP contribution in [0.2, 0.25) is 0 Å². The number of hydrogen-bond donors (Lipinski definition) is 4. The molecule has 12 nitrogen and oxygen atoms in total. The highest BCUT2D eigenvalue weighted by molar-refractivity contribution is 7.51. The van der Waals surface area contributed by atoms with E-state index >= 15 is 4.57 Å². The Hall–Kier alpha value is -3.35. The molecule has 0 radical (unpaired) electrons. The van der Waals surface area contributed by atoms with Gasteiger partial charge in [0.15, 0.2) is 6.29 Å². The van der Waals surface area contributed by atoms with Crippen LogP contribution >= 0.6 is 7.75 Å². The van der Waals surface area contributed by atoms with E-state index in [0.717, 1.165) is 10.9 Å². The first-order chi connectivity index (χ1) is 20.7. The third-order valence-corrected chi connectivity index (χ3v) is 9.54. The summed E-state index contributed by atoms with van der Waals surface area (Å²) in [5.41, 5.74) is 0.777. The van der Waals surface area contributed by atoms with Gasteiger partial charge in [-0.05, 0) is 29.9 Å². The van der Waals surface area contributed by atoms with Crippen LogP contribution in [0.1, 0.15) is 25.3 Å². The van der Waals surface area contributed by atoms with Gasteiger partial charge in [0, 0.05) is 18.9 Å². The van der Waals surface area contributed by atoms with Crippen LogP contribution in [0.3, 0.4) is 0 Å². The van der Waals surface area contributed by atoms with Gasteiger partial charge in [-0.3, -0.25) is 14.1 Å². The second-order valence-electron chi connectivity index (χ2n) is 10.5. The number of carbonyl (C=O) groups is 2. The van der Waals surface area contributed by atoms with E-state index in [4.69, 9.17) is 18.5 Å². The average Bonchev–Trinajstić information content (AvgIpc) is 3.51. The highest BCUT2D eigenvalue weighted by Crippen LogP contribution is 2.58. The van der Waals surface area contributed by atoms with E-state index < -0.39 is 62.9 Å². The maximum absolute atomic E-state index is 15.0. The maximum atomic E-state index is 15.0. The zero-order chi connectivity index (χ0) is 30.6. The molecule has 3 aromatic rings. The standard InChI is InChI=1S/C30H35N2O10P/c1-19(34)31-26-28(27(35)25(17-33)40-30(26)37)42-43(38,41-24-15-7-12-21-11-5-6-13-22(21)24)32-16-8-14-23(32)29(36)39-18-20-9-3-2-4-10-20/h2-7,9-13,15,23,25-28,30,33,35,37H,8,14,16-18H2,1H3,(H,31,34)/t23?,25-,26-,27-,28-,30+,43?/m1/s1. The summed E-state index contributed by atoms with van der Waals surface area (Å²) in [6.45, 7) is 0.632. The van der Waals surface area contributed by atoms with Crippen LogP contribution in [0.4, 0.5) is 0 Å². The summed E-state index contributed by atoms with van der Waals surface area (Å²) in [4.78, 5) is 25.4. The van der Waals surface area contributed by atoms with Crippen molar-refractivity contribution in [3.8, 4) is 5.75 Å². The summed E-state index contributed by atoms with van der Waals surface area (Å²) in [7, 11) is -4.58. The molecule has 0 saturated carbocycles. The molecule has 3 aromatic carbocycles. The van der Waals surface area contributed by atoms with Crippen LogP contribution in [-0.2, 0) is 34.8 Å². The number of benzene rings is 3. The second-order valence-corrected chi connectivity index (χ2v) is 12.3. The van der Waals surface area contributed by atoms with Crippen molar-refractivity contribution in [3.63, 3.8) is 0 Å². The quantitative estimate of drug-likeness (QED) is 0.196. The van der Waals surface area contributed by atoms with Crippen LogP contribution in [0.15, 0.2) is 72.8 Å². The van der Waals surface area contributed by atoms with Crippen molar-refractivity contribution in [1.29, 1.82) is 0 Å². The molecule has 1 amide bonds. The lowest BCUT2D eigenvalue weighted by molar-refractivity contribution is -0.250. The number of rotatable bonds is 10. The molecular formula is C30H35N2O10P. The lowest BCUT2D eigenvalue weighted by Crippen LogP contribution is -2.64. The number of nitrogens with one attached hydrogen (secondary N) is 1. The minimum absolute atomic E-state index is 0.00695. The number of aliphatic hydroxyl groups is 3. The molecule has 2 unspecified atom stereocenters. The van der Waals surface area contributed by atoms with Gasteiger partial charge < -0.3 is 34.6 Å². The van der Waals surface area contributed by atoms with E-state index in [1.165, 1.54) is 11.6 Å². The zero-order valence-corrected chi connectivity index (χ0v) is 24.4. The van der Waals surface area contributed by atoms with Crippen LogP contribution < -0.4 is 9.84 Å². The molecule has 4 N–H and O–H groups in total. The van der Waals surface area contributed by atoms with Crippen molar-refractivity contribution in [2.24, 2.45) is 0 Å². The fourth-order valence-electron chi connectivity index (χ4n) is 5.39. The van der Waals surface area contributed by atoms with Gasteiger partial charge in [-0.1, -0.05) is 66.7 Å². The minimum atomic E-state index is -4.58. The maximum Gasteiger partial charge on any atom is 0.462 e. The van der Waals surface area contributed by atoms with Crippen molar-refractivity contribution in [3.05, 3.63) is 78.4 Å². The van der Waals surface area contributed by atoms with Crippen LogP contribution in [0, 0.1) is 0 Å². The number of aliphatic hydroxyl groups excluding tert-OH is 3. The summed E-state index contributed by atoms with van der Waals surface area (Å²) >= 11 is 0. The molecule has 13 heteroatoms. The second kappa shape index (κ2) is 13.5. The third-order valence-electron chi connectivity index (χ3n) is 7.50. The van der Waals surface area contributed by atoms with Crippen molar-refractivity contribution in [2.45, 2.75) is 63.1 Å². The summed E-state index contributed by atoms with van der Waals surface area (Å²) in [6.07, 6.45) is -5.47. The molecule has 0 aromatic heterocycles. The molecule has 2 heterocycles. The van der Waals surface area contributed by atoms with Gasteiger partial charge in [-0.2, -0.15) is 4.67 Å². The lowest BCUT2D eigenvalue weighted by Gasteiger charge is -2.44. The average molecular weight is 615 g/mol. The van der Waals surface area contributed by atoms with Crippen molar-refractivity contribution in [1.82, 2.24) is 9.99 Å². The summed E-state index contributed by atoms with van der Waals surface area (Å²) in [6, 6.07) is 19.2. The molecule has 43 heavy (non-hydrogen) atoms. The highest BCUT2D eigenvalue weighted by atomic mass is 31.2. The van der Waals surface area contributed by atoms with E-state index in [9.17, 15) is 24.9 Å². The van der Waals surface area contributed by atoms with Gasteiger partial charge >= 0.3 is 13.7 Å². The van der Waals surface area contributed by atoms with Gasteiger partial charge in [0.25, 0.3) is 0 Å². The van der Waals surface area contributed by atoms with Crippen molar-refractivity contribution >= 4 is 30.4 Å². The summed E-state index contributed by atoms with van der Waals surface area (Å²) in [5, 5.41) is 35.4. The molecule has 2 saturated heterocycles. The number of hydrogen-bond acceptors (Lipinski definition) is 10. The number of amides is 1. The predicted molar refractivity (Wildman–Crippen MR) is 155 cm³/mol. The molecular weight excluding hydrogens is 579 g/mol. The predicted octanol–water partition coefficient (Wildman–Crippen LogP) is 2.49. The van der Waals surface area contributed by atoms with Crippen molar-refractivity contribution in [2.75, 3.05) is 13.2 Å². The van der Waals surface area contributed by atoms with E-state index in [2.05, 4.69) is 5.32 Å². The van der Waals surface area contributed by atoms with E-state index in [1.807, 2.05) is 48.5 Å². The SMILES string of the molecule is CC(=O)N[C@@H]1[C@@H](OP(=O)(Oc2cccc3ccccc23)N2CCCC2C(=O)OCc2ccccc2)[C@H](O)[C@@H](CO)O[C@@H]1O. The minimum Gasteiger partial charge on any atom is -0.460 e. The fourth-order valence-corrected chi connectivity index (χ4v) is 7.57. The van der Waals surface area contributed by atoms with Gasteiger partial charge in [0.05, 0.1) is 6.61 Å². The Morgan fingerprint density at radius 2 is 1.77 bits per heavy atom. The number of carbonyl (C=O) groups excluding carboxylic acids is 2. The van der Waals surface area contributed by atoms with Crippen LogP contribution in [0.25, 0.3) is 10.8 Å². The van der Waals surface area contributed by atoms with Gasteiger partial charge in [0.2, 0.25) is 5.91 Å². The molecule has 2 aliphatic rings. The molecule has 2 fully saturated rings. The molecule has 0 aliphatic carbocycles. The third kappa shape index (κ3) is 6.91. The Labute approximate surface area is 248 Å². The Kier molecular flexibility index (Phi) is 9.78. The smallest absolute Gasteiger partial charge is 0.460 e. The van der Waals surface area contributed by atoms with Crippen LogP contribution in [0.5, 0.6) is 5.75 Å². The van der Waals surface area contributed by atoms with E-state index in [1.54, 1.807) is 24.3 Å². The zero-order valence-electron chi connectivity index (χ0n) is 23.5. The number of nitrogens with zero attached hydrogens (tertiary/aromatic N) is 1. The van der Waals surface area contributed by atoms with Gasteiger partial charge in [-0.25, -0.2) is 4.57 Å². The normalized spacial score (nSPS) is 27.3. The Morgan fingerprint density at radius 3 is 2.51 bits per heavy atom. The number of esters is 1. The van der Waals surface area contributed by atoms with Crippen molar-refractivity contribution < 1.29 is 48.0 Å². The number of fused-ring (bicyclic) bond motifs is 1. The summed E-state index contributed by atoms with van der Waals surface area (Å²) in [5.74, 6) is -1.02. The molecule has 0 bridgehead atoms. The molecule has 0 spiro atoms. The van der Waals surface area contributed by atoms with Gasteiger partial charge in [-0.15, -0.1) is 0 Å². The largest absolute Gasteiger partial charge is 0.462 e. The first kappa shape index (κ1) is 31.1. The molecule has 7 atom stereocenters. The first-order valence-electron chi connectivity index (χ1n) is 14.0. The number of ether oxygens (including phenoxy) is 2. The van der Waals surface area contributed by atoms with Crippen LogP contribution in [-0.4, -0.2) is 81.7 Å². The molecule has 5 rings (SSSR count). The summed E-state index contributed by atoms with van der Waals surface area (Å²) < 4.78 is 39.5. The van der Waals surface area contributed by atoms with E-state index in [0.29, 0.717) is 18.2 Å². The fraction of sp³-hybridized carbons (Fsp3) is 0.400. The molecule has 2 aliphatic heterocycles. The Morgan fingerprint density at radius 1 is 1.05 bits per heavy atom. The lowest BCUT2D eigenvalue weighted by atomic mass is 9.97. The highest BCUT2D eigenvalue weighted by Gasteiger charge is 2.54. The Balaban J connectivity index is 1.51. The monoisotopic (exact) mass is 614 g/mol. The Bertz CT molecular complexity index is 1470. The van der Waals surface area contributed by atoms with E-state index in [-0.39, 0.29) is 18.9 Å². The van der Waals surface area contributed by atoms with Gasteiger partial charge in [0.1, 0.15) is 42.8 Å². The topological polar surface area (TPSA) is 164 Å². The first-order valence-corrected chi connectivity index (χ1v) is 15.5. The molecule has 230 valence electrons.